The van der Waals surface area contributed by atoms with E-state index in [1.807, 2.05) is 0 Å². The summed E-state index contributed by atoms with van der Waals surface area (Å²) in [6.07, 6.45) is 1.29. The molecule has 4 N–H and O–H groups in total. The smallest absolute Gasteiger partial charge is 0.339 e. The Hall–Kier alpha value is -1.98. The van der Waals surface area contributed by atoms with Crippen LogP contribution in [0.1, 0.15) is 27.8 Å². The molecule has 14 heavy (non-hydrogen) atoms. The largest absolute Gasteiger partial charge is 0.462 e. The molecule has 0 saturated heterocycles. The van der Waals surface area contributed by atoms with Crippen molar-refractivity contribution >= 4 is 11.9 Å². The summed E-state index contributed by atoms with van der Waals surface area (Å²) < 4.78 is 5.71. The standard InChI is InChI=1S/C8H11N3O3/c1-2-14-8(13)5-3-6(7(9)12)11(10)4-5/h3-4H,2,10H2,1H3,(H2,9,12). The third kappa shape index (κ3) is 1.85. The molecule has 0 aliphatic heterocycles. The van der Waals surface area contributed by atoms with E-state index >= 15 is 0 Å². The van der Waals surface area contributed by atoms with Gasteiger partial charge in [0.25, 0.3) is 5.91 Å². The van der Waals surface area contributed by atoms with Crippen LogP contribution >= 0.6 is 0 Å². The Balaban J connectivity index is 2.96. The van der Waals surface area contributed by atoms with Crippen molar-refractivity contribution in [1.82, 2.24) is 4.68 Å². The highest BCUT2D eigenvalue weighted by Gasteiger charge is 2.14. The Morgan fingerprint density at radius 2 is 2.21 bits per heavy atom. The molecule has 0 aliphatic carbocycles. The average molecular weight is 197 g/mol. The lowest BCUT2D eigenvalue weighted by Gasteiger charge is -1.96. The van der Waals surface area contributed by atoms with Gasteiger partial charge in [0.1, 0.15) is 5.69 Å². The van der Waals surface area contributed by atoms with Gasteiger partial charge in [-0.2, -0.15) is 0 Å². The number of primary amides is 1. The van der Waals surface area contributed by atoms with Gasteiger partial charge >= 0.3 is 5.97 Å². The molecule has 0 fully saturated rings. The highest BCUT2D eigenvalue weighted by Crippen LogP contribution is 2.06. The van der Waals surface area contributed by atoms with E-state index in [4.69, 9.17) is 16.3 Å². The van der Waals surface area contributed by atoms with E-state index in [1.54, 1.807) is 6.92 Å². The van der Waals surface area contributed by atoms with Gasteiger partial charge in [-0.25, -0.2) is 4.79 Å². The zero-order valence-electron chi connectivity index (χ0n) is 7.69. The van der Waals surface area contributed by atoms with Gasteiger partial charge in [0.15, 0.2) is 0 Å². The van der Waals surface area contributed by atoms with Gasteiger partial charge in [0.2, 0.25) is 0 Å². The van der Waals surface area contributed by atoms with Gasteiger partial charge in [0, 0.05) is 6.20 Å². The molecular weight excluding hydrogens is 186 g/mol. The zero-order chi connectivity index (χ0) is 10.7. The number of amides is 1. The predicted octanol–water partition coefficient (Wildman–Crippen LogP) is -0.522. The summed E-state index contributed by atoms with van der Waals surface area (Å²) in [5.74, 6) is 4.16. The normalized spacial score (nSPS) is 9.79. The number of nitrogen functional groups attached to an aromatic ring is 1. The number of ether oxygens (including phenoxy) is 1. The summed E-state index contributed by atoms with van der Waals surface area (Å²) in [5.41, 5.74) is 5.28. The summed E-state index contributed by atoms with van der Waals surface area (Å²) in [5, 5.41) is 0. The van der Waals surface area contributed by atoms with Crippen LogP contribution in [0, 0.1) is 0 Å². The second-order valence-corrected chi connectivity index (χ2v) is 2.61. The Bertz CT molecular complexity index is 370. The minimum absolute atomic E-state index is 0.0630. The molecule has 0 unspecified atom stereocenters. The van der Waals surface area contributed by atoms with Crippen molar-refractivity contribution in [1.29, 1.82) is 0 Å². The first-order chi connectivity index (χ1) is 6.56. The lowest BCUT2D eigenvalue weighted by atomic mass is 10.3. The van der Waals surface area contributed by atoms with E-state index in [0.29, 0.717) is 0 Å². The fraction of sp³-hybridized carbons (Fsp3) is 0.250. The number of carbonyl (C=O) groups is 2. The molecule has 6 heteroatoms. The number of hydrogen-bond acceptors (Lipinski definition) is 4. The molecule has 76 valence electrons. The van der Waals surface area contributed by atoms with Crippen molar-refractivity contribution in [2.75, 3.05) is 12.4 Å². The molecule has 1 rings (SSSR count). The van der Waals surface area contributed by atoms with Crippen LogP contribution in [0.25, 0.3) is 0 Å². The van der Waals surface area contributed by atoms with Crippen LogP contribution < -0.4 is 11.6 Å². The van der Waals surface area contributed by atoms with Crippen LogP contribution in [-0.2, 0) is 4.74 Å². The van der Waals surface area contributed by atoms with Crippen molar-refractivity contribution in [3.05, 3.63) is 23.5 Å². The van der Waals surface area contributed by atoms with E-state index in [0.717, 1.165) is 4.68 Å². The average Bonchev–Trinajstić information content (AvgIpc) is 2.48. The molecule has 0 atom stereocenters. The van der Waals surface area contributed by atoms with E-state index in [2.05, 4.69) is 0 Å². The molecule has 1 aromatic rings. The van der Waals surface area contributed by atoms with Crippen molar-refractivity contribution in [2.24, 2.45) is 5.73 Å². The summed E-state index contributed by atoms with van der Waals surface area (Å²) in [4.78, 5) is 22.0. The molecular formula is C8H11N3O3. The topological polar surface area (TPSA) is 100 Å². The monoisotopic (exact) mass is 197 g/mol. The summed E-state index contributed by atoms with van der Waals surface area (Å²) in [7, 11) is 0. The summed E-state index contributed by atoms with van der Waals surface area (Å²) >= 11 is 0. The van der Waals surface area contributed by atoms with Crippen molar-refractivity contribution in [3.8, 4) is 0 Å². The SMILES string of the molecule is CCOC(=O)c1cc(C(N)=O)n(N)c1. The van der Waals surface area contributed by atoms with Crippen LogP contribution in [0.2, 0.25) is 0 Å². The molecule has 0 spiro atoms. The quantitative estimate of drug-likeness (QED) is 0.502. The van der Waals surface area contributed by atoms with Gasteiger partial charge in [0.05, 0.1) is 12.2 Å². The summed E-state index contributed by atoms with van der Waals surface area (Å²) in [6.45, 7) is 1.95. The zero-order valence-corrected chi connectivity index (χ0v) is 7.69. The summed E-state index contributed by atoms with van der Waals surface area (Å²) in [6, 6.07) is 1.29. The van der Waals surface area contributed by atoms with Gasteiger partial charge in [-0.15, -0.1) is 0 Å². The third-order valence-electron chi connectivity index (χ3n) is 1.61. The number of aromatic nitrogens is 1. The fourth-order valence-corrected chi connectivity index (χ4v) is 1.00. The molecule has 6 nitrogen and oxygen atoms in total. The van der Waals surface area contributed by atoms with Crippen LogP contribution in [0.5, 0.6) is 0 Å². The van der Waals surface area contributed by atoms with Crippen molar-refractivity contribution in [3.63, 3.8) is 0 Å². The highest BCUT2D eigenvalue weighted by atomic mass is 16.5. The number of carbonyl (C=O) groups excluding carboxylic acids is 2. The first-order valence-electron chi connectivity index (χ1n) is 4.00. The van der Waals surface area contributed by atoms with Gasteiger partial charge in [-0.3, -0.25) is 9.47 Å². The minimum atomic E-state index is -0.692. The second kappa shape index (κ2) is 3.82. The molecule has 1 aromatic heterocycles. The maximum Gasteiger partial charge on any atom is 0.339 e. The molecule has 1 amide bonds. The number of nitrogens with zero attached hydrogens (tertiary/aromatic N) is 1. The molecule has 0 aromatic carbocycles. The maximum absolute atomic E-state index is 11.2. The Morgan fingerprint density at radius 3 is 2.64 bits per heavy atom. The molecule has 1 heterocycles. The lowest BCUT2D eigenvalue weighted by Crippen LogP contribution is -2.20. The van der Waals surface area contributed by atoms with Crippen LogP contribution in [0.3, 0.4) is 0 Å². The fourth-order valence-electron chi connectivity index (χ4n) is 1.00. The van der Waals surface area contributed by atoms with Gasteiger partial charge in [-0.1, -0.05) is 0 Å². The first-order valence-corrected chi connectivity index (χ1v) is 4.00. The lowest BCUT2D eigenvalue weighted by molar-refractivity contribution is 0.0526. The number of rotatable bonds is 3. The molecule has 0 saturated carbocycles. The predicted molar refractivity (Wildman–Crippen MR) is 49.1 cm³/mol. The van der Waals surface area contributed by atoms with E-state index in [9.17, 15) is 9.59 Å². The van der Waals surface area contributed by atoms with Crippen molar-refractivity contribution < 1.29 is 14.3 Å². The number of nitrogens with two attached hydrogens (primary N) is 2. The van der Waals surface area contributed by atoms with Crippen LogP contribution in [0.15, 0.2) is 12.3 Å². The third-order valence-corrected chi connectivity index (χ3v) is 1.61. The minimum Gasteiger partial charge on any atom is -0.462 e. The molecule has 0 bridgehead atoms. The van der Waals surface area contributed by atoms with Gasteiger partial charge < -0.3 is 16.3 Å². The Labute approximate surface area is 80.4 Å². The Kier molecular flexibility index (Phi) is 2.76. The van der Waals surface area contributed by atoms with E-state index in [-0.39, 0.29) is 17.9 Å². The van der Waals surface area contributed by atoms with Gasteiger partial charge in [-0.05, 0) is 13.0 Å². The Morgan fingerprint density at radius 1 is 1.57 bits per heavy atom. The number of esters is 1. The number of hydrogen-bond donors (Lipinski definition) is 2. The van der Waals surface area contributed by atoms with Crippen molar-refractivity contribution in [2.45, 2.75) is 6.92 Å². The molecule has 0 radical (unpaired) electrons. The van der Waals surface area contributed by atoms with E-state index in [1.165, 1.54) is 12.3 Å². The first kappa shape index (κ1) is 10.1. The maximum atomic E-state index is 11.2. The van der Waals surface area contributed by atoms with Crippen LogP contribution in [0.4, 0.5) is 0 Å². The second-order valence-electron chi connectivity index (χ2n) is 2.61. The van der Waals surface area contributed by atoms with E-state index < -0.39 is 11.9 Å². The van der Waals surface area contributed by atoms with Crippen LogP contribution in [-0.4, -0.2) is 23.2 Å². The molecule has 0 aliphatic rings. The highest BCUT2D eigenvalue weighted by molar-refractivity contribution is 5.96.